The molecule has 0 aliphatic rings. The highest BCUT2D eigenvalue weighted by atomic mass is 32.2. The number of nitrogens with one attached hydrogen (secondary N) is 2. The fourth-order valence-electron chi connectivity index (χ4n) is 3.11. The predicted octanol–water partition coefficient (Wildman–Crippen LogP) is 3.73. The molecule has 0 unspecified atom stereocenters. The van der Waals surface area contributed by atoms with Crippen LogP contribution in [-0.4, -0.2) is 33.0 Å². The summed E-state index contributed by atoms with van der Waals surface area (Å²) in [6.45, 7) is 2.50. The van der Waals surface area contributed by atoms with E-state index < -0.39 is 20.9 Å². The molecule has 1 amide bonds. The number of non-ortho nitro benzene ring substituents is 1. The van der Waals surface area contributed by atoms with Crippen LogP contribution in [0.1, 0.15) is 22.8 Å². The van der Waals surface area contributed by atoms with Crippen molar-refractivity contribution >= 4 is 27.3 Å². The van der Waals surface area contributed by atoms with E-state index >= 15 is 0 Å². The molecule has 34 heavy (non-hydrogen) atoms. The van der Waals surface area contributed by atoms with Gasteiger partial charge in [-0.2, -0.15) is 0 Å². The van der Waals surface area contributed by atoms with Crippen molar-refractivity contribution in [2.75, 3.05) is 18.4 Å². The van der Waals surface area contributed by atoms with E-state index in [9.17, 15) is 23.3 Å². The first-order valence-corrected chi connectivity index (χ1v) is 11.7. The minimum Gasteiger partial charge on any atom is -0.493 e. The lowest BCUT2D eigenvalue weighted by atomic mass is 10.1. The molecule has 0 fully saturated rings. The third kappa shape index (κ3) is 5.81. The highest BCUT2D eigenvalue weighted by Gasteiger charge is 2.21. The van der Waals surface area contributed by atoms with Crippen LogP contribution < -0.4 is 19.5 Å². The number of methoxy groups -OCH3 is 1. The molecule has 0 radical (unpaired) electrons. The van der Waals surface area contributed by atoms with Crippen LogP contribution in [0.4, 0.5) is 11.4 Å². The number of carbonyl (C=O) groups excluding carboxylic acids is 1. The number of para-hydroxylation sites is 1. The Balaban J connectivity index is 1.78. The van der Waals surface area contributed by atoms with Gasteiger partial charge in [0.2, 0.25) is 0 Å². The molecule has 3 aromatic carbocycles. The second-order valence-electron chi connectivity index (χ2n) is 7.01. The van der Waals surface area contributed by atoms with Gasteiger partial charge in [0.15, 0.2) is 11.5 Å². The minimum atomic E-state index is -4.18. The van der Waals surface area contributed by atoms with Gasteiger partial charge in [0, 0.05) is 18.7 Å². The van der Waals surface area contributed by atoms with Crippen molar-refractivity contribution in [3.05, 3.63) is 88.0 Å². The number of nitro benzene ring substituents is 1. The van der Waals surface area contributed by atoms with E-state index in [2.05, 4.69) is 10.0 Å². The average molecular weight is 486 g/mol. The van der Waals surface area contributed by atoms with Crippen molar-refractivity contribution in [2.45, 2.75) is 18.4 Å². The molecule has 0 bridgehead atoms. The van der Waals surface area contributed by atoms with Crippen LogP contribution in [0.3, 0.4) is 0 Å². The van der Waals surface area contributed by atoms with Gasteiger partial charge in [-0.25, -0.2) is 8.42 Å². The van der Waals surface area contributed by atoms with Gasteiger partial charge < -0.3 is 14.8 Å². The van der Waals surface area contributed by atoms with Crippen molar-refractivity contribution in [1.82, 2.24) is 5.32 Å². The number of ether oxygens (including phenoxy) is 2. The number of hydrogen-bond donors (Lipinski definition) is 2. The normalized spacial score (nSPS) is 10.9. The van der Waals surface area contributed by atoms with Gasteiger partial charge in [0.1, 0.15) is 0 Å². The molecule has 178 valence electrons. The Labute approximate surface area is 196 Å². The first-order valence-electron chi connectivity index (χ1n) is 10.2. The molecule has 11 heteroatoms. The lowest BCUT2D eigenvalue weighted by Crippen LogP contribution is -2.25. The highest BCUT2D eigenvalue weighted by molar-refractivity contribution is 7.92. The number of rotatable bonds is 10. The molecular weight excluding hydrogens is 462 g/mol. The quantitative estimate of drug-likeness (QED) is 0.330. The average Bonchev–Trinajstić information content (AvgIpc) is 2.83. The van der Waals surface area contributed by atoms with E-state index in [-0.39, 0.29) is 28.4 Å². The van der Waals surface area contributed by atoms with Gasteiger partial charge in [-0.15, -0.1) is 0 Å². The summed E-state index contributed by atoms with van der Waals surface area (Å²) in [6, 6.07) is 16.0. The van der Waals surface area contributed by atoms with Crippen LogP contribution in [0, 0.1) is 10.1 Å². The SMILES string of the molecule is CCOc1ccc(CNC(=O)c2ccccc2NS(=O)(=O)c2cccc([N+](=O)[O-])c2)cc1OC. The number of nitro groups is 1. The lowest BCUT2D eigenvalue weighted by molar-refractivity contribution is -0.385. The molecule has 3 rings (SSSR count). The first kappa shape index (κ1) is 24.5. The zero-order valence-electron chi connectivity index (χ0n) is 18.5. The number of carbonyl (C=O) groups is 1. The number of hydrogen-bond acceptors (Lipinski definition) is 7. The Bertz CT molecular complexity index is 1310. The Kier molecular flexibility index (Phi) is 7.69. The van der Waals surface area contributed by atoms with E-state index in [0.717, 1.165) is 11.6 Å². The summed E-state index contributed by atoms with van der Waals surface area (Å²) in [5, 5.41) is 13.7. The molecular formula is C23H23N3O7S. The van der Waals surface area contributed by atoms with Gasteiger partial charge in [-0.3, -0.25) is 19.6 Å². The number of anilines is 1. The summed E-state index contributed by atoms with van der Waals surface area (Å²) in [5.74, 6) is 0.602. The molecule has 2 N–H and O–H groups in total. The maximum absolute atomic E-state index is 12.8. The van der Waals surface area contributed by atoms with Gasteiger partial charge in [0.05, 0.1) is 34.8 Å². The molecule has 0 saturated carbocycles. The summed E-state index contributed by atoms with van der Waals surface area (Å²) in [7, 11) is -2.66. The molecule has 0 saturated heterocycles. The summed E-state index contributed by atoms with van der Waals surface area (Å²) >= 11 is 0. The lowest BCUT2D eigenvalue weighted by Gasteiger charge is -2.14. The number of sulfonamides is 1. The van der Waals surface area contributed by atoms with Crippen LogP contribution in [0.5, 0.6) is 11.5 Å². The largest absolute Gasteiger partial charge is 0.493 e. The summed E-state index contributed by atoms with van der Waals surface area (Å²) in [5.41, 5.74) is 0.521. The van der Waals surface area contributed by atoms with Crippen LogP contribution in [-0.2, 0) is 16.6 Å². The molecule has 0 atom stereocenters. The van der Waals surface area contributed by atoms with Crippen LogP contribution in [0.15, 0.2) is 71.6 Å². The van der Waals surface area contributed by atoms with Crippen LogP contribution >= 0.6 is 0 Å². The Morgan fingerprint density at radius 3 is 2.50 bits per heavy atom. The maximum Gasteiger partial charge on any atom is 0.270 e. The summed E-state index contributed by atoms with van der Waals surface area (Å²) in [6.07, 6.45) is 0. The van der Waals surface area contributed by atoms with Gasteiger partial charge >= 0.3 is 0 Å². The van der Waals surface area contributed by atoms with Crippen molar-refractivity contribution in [2.24, 2.45) is 0 Å². The number of nitrogens with zero attached hydrogens (tertiary/aromatic N) is 1. The zero-order chi connectivity index (χ0) is 24.7. The monoisotopic (exact) mass is 485 g/mol. The zero-order valence-corrected chi connectivity index (χ0v) is 19.3. The fourth-order valence-corrected chi connectivity index (χ4v) is 4.23. The molecule has 0 aliphatic carbocycles. The van der Waals surface area contributed by atoms with Crippen molar-refractivity contribution in [3.8, 4) is 11.5 Å². The molecule has 3 aromatic rings. The molecule has 0 heterocycles. The van der Waals surface area contributed by atoms with E-state index in [1.807, 2.05) is 6.92 Å². The topological polar surface area (TPSA) is 137 Å². The molecule has 0 aliphatic heterocycles. The van der Waals surface area contributed by atoms with Gasteiger partial charge in [-0.1, -0.05) is 24.3 Å². The fraction of sp³-hybridized carbons (Fsp3) is 0.174. The maximum atomic E-state index is 12.8. The first-order chi connectivity index (χ1) is 16.2. The second-order valence-corrected chi connectivity index (χ2v) is 8.69. The molecule has 0 aromatic heterocycles. The van der Waals surface area contributed by atoms with Gasteiger partial charge in [0.25, 0.3) is 21.6 Å². The van der Waals surface area contributed by atoms with Crippen molar-refractivity contribution in [3.63, 3.8) is 0 Å². The number of amides is 1. The van der Waals surface area contributed by atoms with E-state index in [1.165, 1.54) is 37.4 Å². The second kappa shape index (κ2) is 10.7. The summed E-state index contributed by atoms with van der Waals surface area (Å²) in [4.78, 5) is 22.8. The van der Waals surface area contributed by atoms with Crippen LogP contribution in [0.25, 0.3) is 0 Å². The smallest absolute Gasteiger partial charge is 0.270 e. The van der Waals surface area contributed by atoms with E-state index in [1.54, 1.807) is 30.3 Å². The third-order valence-electron chi connectivity index (χ3n) is 4.74. The van der Waals surface area contributed by atoms with Crippen molar-refractivity contribution in [1.29, 1.82) is 0 Å². The minimum absolute atomic E-state index is 0.0378. The van der Waals surface area contributed by atoms with Crippen molar-refractivity contribution < 1.29 is 27.6 Å². The van der Waals surface area contributed by atoms with Gasteiger partial charge in [-0.05, 0) is 42.8 Å². The van der Waals surface area contributed by atoms with E-state index in [4.69, 9.17) is 9.47 Å². The van der Waals surface area contributed by atoms with E-state index in [0.29, 0.717) is 18.1 Å². The number of benzene rings is 3. The third-order valence-corrected chi connectivity index (χ3v) is 6.10. The van der Waals surface area contributed by atoms with Crippen LogP contribution in [0.2, 0.25) is 0 Å². The standard InChI is InChI=1S/C23H23N3O7S/c1-3-33-21-12-11-16(13-22(21)32-2)15-24-23(27)19-9-4-5-10-20(19)25-34(30,31)18-8-6-7-17(14-18)26(28)29/h4-14,25H,3,15H2,1-2H3,(H,24,27). The predicted molar refractivity (Wildman–Crippen MR) is 126 cm³/mol. The Morgan fingerprint density at radius 2 is 1.79 bits per heavy atom. The Hall–Kier alpha value is -4.12. The Morgan fingerprint density at radius 1 is 1.03 bits per heavy atom. The molecule has 0 spiro atoms. The summed E-state index contributed by atoms with van der Waals surface area (Å²) < 4.78 is 38.7. The highest BCUT2D eigenvalue weighted by Crippen LogP contribution is 2.28. The molecule has 10 nitrogen and oxygen atoms in total.